The largest absolute Gasteiger partial charge is 0.456 e. The molecule has 6 heteroatoms. The van der Waals surface area contributed by atoms with E-state index in [1.54, 1.807) is 18.2 Å². The molecule has 0 spiro atoms. The van der Waals surface area contributed by atoms with Gasteiger partial charge in [0.2, 0.25) is 0 Å². The van der Waals surface area contributed by atoms with Crippen molar-refractivity contribution >= 4 is 17.3 Å². The van der Waals surface area contributed by atoms with E-state index in [0.29, 0.717) is 17.9 Å². The Morgan fingerprint density at radius 3 is 2.58 bits per heavy atom. The second-order valence-electron chi connectivity index (χ2n) is 5.19. The number of furan rings is 1. The summed E-state index contributed by atoms with van der Waals surface area (Å²) >= 11 is 0. The average Bonchev–Trinajstić information content (AvgIpc) is 3.04. The first-order valence-electron chi connectivity index (χ1n) is 7.30. The van der Waals surface area contributed by atoms with Crippen LogP contribution < -0.4 is 5.32 Å². The summed E-state index contributed by atoms with van der Waals surface area (Å²) in [6, 6.07) is 18.9. The first-order chi connectivity index (χ1) is 11.6. The van der Waals surface area contributed by atoms with Crippen molar-refractivity contribution in [1.29, 1.82) is 0 Å². The van der Waals surface area contributed by atoms with Crippen LogP contribution in [0.15, 0.2) is 71.1 Å². The lowest BCUT2D eigenvalue weighted by Gasteiger charge is -2.03. The molecule has 120 valence electrons. The maximum atomic E-state index is 12.2. The number of anilines is 1. The fourth-order valence-corrected chi connectivity index (χ4v) is 2.28. The zero-order valence-corrected chi connectivity index (χ0v) is 12.6. The van der Waals surface area contributed by atoms with E-state index in [2.05, 4.69) is 5.32 Å². The number of amides is 1. The molecule has 0 radical (unpaired) electrons. The molecule has 0 atom stereocenters. The summed E-state index contributed by atoms with van der Waals surface area (Å²) in [6.45, 7) is 0. The number of nitrogens with zero attached hydrogens (tertiary/aromatic N) is 1. The molecule has 0 unspecified atom stereocenters. The Kier molecular flexibility index (Phi) is 4.38. The molecular formula is C18H14N2O4. The highest BCUT2D eigenvalue weighted by molar-refractivity contribution is 6.02. The minimum Gasteiger partial charge on any atom is -0.456 e. The fourth-order valence-electron chi connectivity index (χ4n) is 2.28. The van der Waals surface area contributed by atoms with E-state index in [1.165, 1.54) is 18.2 Å². The molecule has 0 aliphatic rings. The predicted molar refractivity (Wildman–Crippen MR) is 89.0 cm³/mol. The highest BCUT2D eigenvalue weighted by Crippen LogP contribution is 2.19. The van der Waals surface area contributed by atoms with Crippen LogP contribution in [0.3, 0.4) is 0 Å². The van der Waals surface area contributed by atoms with Crippen LogP contribution in [0.25, 0.3) is 0 Å². The summed E-state index contributed by atoms with van der Waals surface area (Å²) in [4.78, 5) is 22.4. The molecular weight excluding hydrogens is 308 g/mol. The lowest BCUT2D eigenvalue weighted by molar-refractivity contribution is -0.384. The highest BCUT2D eigenvalue weighted by atomic mass is 16.6. The molecule has 6 nitrogen and oxygen atoms in total. The molecule has 3 aromatic rings. The number of non-ortho nitro benzene ring substituents is 1. The summed E-state index contributed by atoms with van der Waals surface area (Å²) < 4.78 is 5.55. The van der Waals surface area contributed by atoms with Crippen molar-refractivity contribution in [3.05, 3.63) is 93.9 Å². The smallest absolute Gasteiger partial charge is 0.291 e. The van der Waals surface area contributed by atoms with Crippen molar-refractivity contribution in [2.45, 2.75) is 6.42 Å². The van der Waals surface area contributed by atoms with E-state index in [9.17, 15) is 14.9 Å². The van der Waals surface area contributed by atoms with Crippen LogP contribution >= 0.6 is 0 Å². The molecule has 3 rings (SSSR count). The third-order valence-corrected chi connectivity index (χ3v) is 3.42. The topological polar surface area (TPSA) is 85.4 Å². The Morgan fingerprint density at radius 1 is 1.04 bits per heavy atom. The third-order valence-electron chi connectivity index (χ3n) is 3.42. The number of hydrogen-bond donors (Lipinski definition) is 1. The quantitative estimate of drug-likeness (QED) is 0.567. The number of nitro groups is 1. The number of carbonyl (C=O) groups excluding carboxylic acids is 1. The molecule has 1 heterocycles. The molecule has 0 fully saturated rings. The summed E-state index contributed by atoms with van der Waals surface area (Å²) in [7, 11) is 0. The monoisotopic (exact) mass is 322 g/mol. The summed E-state index contributed by atoms with van der Waals surface area (Å²) in [5.74, 6) is 0.382. The fraction of sp³-hybridized carbons (Fsp3) is 0.0556. The summed E-state index contributed by atoms with van der Waals surface area (Å²) in [5, 5.41) is 13.4. The molecule has 0 bridgehead atoms. The van der Waals surface area contributed by atoms with Crippen LogP contribution in [0.5, 0.6) is 0 Å². The highest BCUT2D eigenvalue weighted by Gasteiger charge is 2.13. The zero-order valence-electron chi connectivity index (χ0n) is 12.6. The van der Waals surface area contributed by atoms with Gasteiger partial charge in [-0.3, -0.25) is 14.9 Å². The van der Waals surface area contributed by atoms with Gasteiger partial charge in [-0.1, -0.05) is 36.4 Å². The number of benzene rings is 2. The molecule has 0 saturated heterocycles. The van der Waals surface area contributed by atoms with E-state index in [4.69, 9.17) is 4.42 Å². The van der Waals surface area contributed by atoms with Gasteiger partial charge < -0.3 is 9.73 Å². The number of nitro benzene ring substituents is 1. The Bertz CT molecular complexity index is 871. The molecule has 1 amide bonds. The molecule has 2 aromatic carbocycles. The minimum atomic E-state index is -0.513. The van der Waals surface area contributed by atoms with Crippen molar-refractivity contribution in [2.24, 2.45) is 0 Å². The molecule has 0 aliphatic carbocycles. The number of carbonyl (C=O) groups is 1. The van der Waals surface area contributed by atoms with Gasteiger partial charge in [-0.2, -0.15) is 0 Å². The van der Waals surface area contributed by atoms with E-state index in [0.717, 1.165) is 5.56 Å². The molecule has 0 aliphatic heterocycles. The van der Waals surface area contributed by atoms with Gasteiger partial charge in [0.05, 0.1) is 4.92 Å². The van der Waals surface area contributed by atoms with Crippen LogP contribution in [0, 0.1) is 10.1 Å². The minimum absolute atomic E-state index is 0.0861. The Labute approximate surface area is 137 Å². The van der Waals surface area contributed by atoms with Crippen molar-refractivity contribution in [3.63, 3.8) is 0 Å². The normalized spacial score (nSPS) is 10.3. The number of rotatable bonds is 5. The molecule has 0 saturated carbocycles. The number of hydrogen-bond acceptors (Lipinski definition) is 4. The van der Waals surface area contributed by atoms with Crippen LogP contribution in [-0.4, -0.2) is 10.8 Å². The van der Waals surface area contributed by atoms with Gasteiger partial charge >= 0.3 is 0 Å². The predicted octanol–water partition coefficient (Wildman–Crippen LogP) is 4.03. The van der Waals surface area contributed by atoms with Crippen molar-refractivity contribution < 1.29 is 14.1 Å². The van der Waals surface area contributed by atoms with Crippen molar-refractivity contribution in [3.8, 4) is 0 Å². The van der Waals surface area contributed by atoms with Crippen molar-refractivity contribution in [2.75, 3.05) is 5.32 Å². The molecule has 1 N–H and O–H groups in total. The van der Waals surface area contributed by atoms with Gasteiger partial charge in [0.1, 0.15) is 5.76 Å². The molecule has 1 aromatic heterocycles. The van der Waals surface area contributed by atoms with Gasteiger partial charge in [0.15, 0.2) is 5.76 Å². The molecule has 24 heavy (non-hydrogen) atoms. The second kappa shape index (κ2) is 6.78. The maximum absolute atomic E-state index is 12.2. The third kappa shape index (κ3) is 3.67. The second-order valence-corrected chi connectivity index (χ2v) is 5.19. The standard InChI is InChI=1S/C18H14N2O4/c21-18(19-14-7-4-8-15(12-14)20(22)23)17-10-9-16(24-17)11-13-5-2-1-3-6-13/h1-10,12H,11H2,(H,19,21). The summed E-state index contributed by atoms with van der Waals surface area (Å²) in [5.41, 5.74) is 1.34. The zero-order chi connectivity index (χ0) is 16.9. The lowest BCUT2D eigenvalue weighted by Crippen LogP contribution is -2.10. The van der Waals surface area contributed by atoms with Crippen LogP contribution in [0.1, 0.15) is 21.9 Å². The van der Waals surface area contributed by atoms with E-state index < -0.39 is 10.8 Å². The SMILES string of the molecule is O=C(Nc1cccc([N+](=O)[O-])c1)c1ccc(Cc2ccccc2)o1. The Balaban J connectivity index is 1.70. The van der Waals surface area contributed by atoms with E-state index in [1.807, 2.05) is 30.3 Å². The van der Waals surface area contributed by atoms with Gasteiger partial charge in [0.25, 0.3) is 11.6 Å². The average molecular weight is 322 g/mol. The number of nitrogens with one attached hydrogen (secondary N) is 1. The van der Waals surface area contributed by atoms with Crippen LogP contribution in [0.4, 0.5) is 11.4 Å². The first-order valence-corrected chi connectivity index (χ1v) is 7.30. The van der Waals surface area contributed by atoms with Crippen molar-refractivity contribution in [1.82, 2.24) is 0 Å². The van der Waals surface area contributed by atoms with Crippen LogP contribution in [0.2, 0.25) is 0 Å². The van der Waals surface area contributed by atoms with Crippen LogP contribution in [-0.2, 0) is 6.42 Å². The maximum Gasteiger partial charge on any atom is 0.291 e. The van der Waals surface area contributed by atoms with Gasteiger partial charge in [0, 0.05) is 24.2 Å². The van der Waals surface area contributed by atoms with E-state index in [-0.39, 0.29) is 11.4 Å². The van der Waals surface area contributed by atoms with Gasteiger partial charge in [-0.25, -0.2) is 0 Å². The van der Waals surface area contributed by atoms with E-state index >= 15 is 0 Å². The lowest BCUT2D eigenvalue weighted by atomic mass is 10.1. The van der Waals surface area contributed by atoms with Gasteiger partial charge in [-0.05, 0) is 23.8 Å². The van der Waals surface area contributed by atoms with Gasteiger partial charge in [-0.15, -0.1) is 0 Å². The first kappa shape index (κ1) is 15.5. The Hall–Kier alpha value is -3.41. The Morgan fingerprint density at radius 2 is 1.83 bits per heavy atom. The summed E-state index contributed by atoms with van der Waals surface area (Å²) in [6.07, 6.45) is 0.588.